The number of pyridine rings is 1. The van der Waals surface area contributed by atoms with E-state index in [1.165, 1.54) is 6.20 Å². The van der Waals surface area contributed by atoms with E-state index in [2.05, 4.69) is 23.5 Å². The fourth-order valence-electron chi connectivity index (χ4n) is 1.59. The number of rotatable bonds is 9. The molecule has 6 nitrogen and oxygen atoms in total. The summed E-state index contributed by atoms with van der Waals surface area (Å²) in [7, 11) is 0. The number of hydrogen-bond acceptors (Lipinski definition) is 4. The molecule has 0 aliphatic carbocycles. The minimum atomic E-state index is -1.10. The number of nitrogens with one attached hydrogen (secondary N) is 1. The lowest BCUT2D eigenvalue weighted by Crippen LogP contribution is -2.41. The quantitative estimate of drug-likeness (QED) is 0.677. The highest BCUT2D eigenvalue weighted by Gasteiger charge is 2.22. The van der Waals surface area contributed by atoms with Gasteiger partial charge in [-0.2, -0.15) is 0 Å². The van der Waals surface area contributed by atoms with Crippen LogP contribution in [0.5, 0.6) is 5.75 Å². The van der Waals surface area contributed by atoms with Crippen molar-refractivity contribution in [1.82, 2.24) is 10.3 Å². The molecule has 2 N–H and O–H groups in total. The first-order valence-electron chi connectivity index (χ1n) is 6.43. The minimum absolute atomic E-state index is 0.0456. The summed E-state index contributed by atoms with van der Waals surface area (Å²) in [5.41, 5.74) is 0.0456. The minimum Gasteiger partial charge on any atom is -0.487 e. The Labute approximate surface area is 123 Å². The van der Waals surface area contributed by atoms with Crippen LogP contribution in [0.15, 0.2) is 43.6 Å². The summed E-state index contributed by atoms with van der Waals surface area (Å²) in [6.45, 7) is 7.28. The van der Waals surface area contributed by atoms with Crippen LogP contribution in [0.2, 0.25) is 0 Å². The number of allylic oxidation sites excluding steroid dienone is 1. The number of aromatic nitrogens is 1. The van der Waals surface area contributed by atoms with Gasteiger partial charge in [0.25, 0.3) is 5.91 Å². The van der Waals surface area contributed by atoms with E-state index in [1.54, 1.807) is 24.3 Å². The maximum atomic E-state index is 12.1. The molecule has 0 spiro atoms. The Morgan fingerprint density at radius 3 is 2.81 bits per heavy atom. The summed E-state index contributed by atoms with van der Waals surface area (Å²) in [6.07, 6.45) is 5.33. The summed E-state index contributed by atoms with van der Waals surface area (Å²) in [6, 6.07) is 2.22. The molecule has 6 heteroatoms. The van der Waals surface area contributed by atoms with Crippen LogP contribution in [0.1, 0.15) is 23.3 Å². The van der Waals surface area contributed by atoms with Crippen LogP contribution in [-0.2, 0) is 4.79 Å². The molecule has 21 heavy (non-hydrogen) atoms. The fraction of sp³-hybridized carbons (Fsp3) is 0.267. The molecule has 1 atom stereocenters. The second-order valence-corrected chi connectivity index (χ2v) is 4.18. The standard InChI is InChI=1S/C15H18N2O4/c1-3-5-7-11(15(19)20)17-14(18)13-12(21-10-4-2)8-6-9-16-13/h3-4,6,8-9,11H,1-2,5,7,10H2,(H,17,18)(H,19,20). The molecule has 1 aromatic rings. The normalized spacial score (nSPS) is 11.2. The molecule has 1 unspecified atom stereocenters. The van der Waals surface area contributed by atoms with Gasteiger partial charge >= 0.3 is 5.97 Å². The Bertz CT molecular complexity index is 528. The first-order valence-corrected chi connectivity index (χ1v) is 6.43. The number of nitrogens with zero attached hydrogens (tertiary/aromatic N) is 1. The van der Waals surface area contributed by atoms with Gasteiger partial charge in [0.1, 0.15) is 12.6 Å². The molecule has 0 aliphatic heterocycles. The second kappa shape index (κ2) is 8.52. The molecule has 1 rings (SSSR count). The van der Waals surface area contributed by atoms with Gasteiger partial charge in [-0.1, -0.05) is 18.7 Å². The SMILES string of the molecule is C=CCCC(NC(=O)c1ncccc1OCC=C)C(=O)O. The van der Waals surface area contributed by atoms with Crippen LogP contribution in [0.3, 0.4) is 0 Å². The Morgan fingerprint density at radius 1 is 1.43 bits per heavy atom. The first kappa shape index (κ1) is 16.4. The molecule has 1 amide bonds. The number of hydrogen-bond donors (Lipinski definition) is 2. The van der Waals surface area contributed by atoms with Crippen molar-refractivity contribution in [2.45, 2.75) is 18.9 Å². The summed E-state index contributed by atoms with van der Waals surface area (Å²) in [5.74, 6) is -1.41. The van der Waals surface area contributed by atoms with E-state index in [4.69, 9.17) is 9.84 Å². The van der Waals surface area contributed by atoms with Gasteiger partial charge in [0, 0.05) is 6.20 Å². The molecule has 0 radical (unpaired) electrons. The lowest BCUT2D eigenvalue weighted by atomic mass is 10.1. The number of aliphatic carboxylic acids is 1. The van der Waals surface area contributed by atoms with Gasteiger partial charge in [0.15, 0.2) is 11.4 Å². The summed E-state index contributed by atoms with van der Waals surface area (Å²) >= 11 is 0. The van der Waals surface area contributed by atoms with E-state index in [9.17, 15) is 9.59 Å². The molecule has 0 fully saturated rings. The van der Waals surface area contributed by atoms with E-state index >= 15 is 0 Å². The number of carboxylic acid groups (broad SMARTS) is 1. The van der Waals surface area contributed by atoms with Crippen LogP contribution in [0.4, 0.5) is 0 Å². The predicted molar refractivity (Wildman–Crippen MR) is 78.3 cm³/mol. The van der Waals surface area contributed by atoms with Crippen molar-refractivity contribution in [3.05, 3.63) is 49.3 Å². The highest BCUT2D eigenvalue weighted by atomic mass is 16.5. The molecule has 1 heterocycles. The molecule has 0 aromatic carbocycles. The van der Waals surface area contributed by atoms with Gasteiger partial charge in [-0.25, -0.2) is 9.78 Å². The van der Waals surface area contributed by atoms with Gasteiger partial charge in [0.05, 0.1) is 0 Å². The third kappa shape index (κ3) is 5.10. The van der Waals surface area contributed by atoms with Crippen molar-refractivity contribution in [2.75, 3.05) is 6.61 Å². The fourth-order valence-corrected chi connectivity index (χ4v) is 1.59. The maximum Gasteiger partial charge on any atom is 0.326 e. The van der Waals surface area contributed by atoms with E-state index in [-0.39, 0.29) is 24.5 Å². The molecular formula is C15H18N2O4. The van der Waals surface area contributed by atoms with E-state index in [0.29, 0.717) is 6.42 Å². The molecule has 112 valence electrons. The molecule has 1 aromatic heterocycles. The van der Waals surface area contributed by atoms with Crippen LogP contribution in [0.25, 0.3) is 0 Å². The highest BCUT2D eigenvalue weighted by Crippen LogP contribution is 2.15. The summed E-state index contributed by atoms with van der Waals surface area (Å²) < 4.78 is 5.33. The topological polar surface area (TPSA) is 88.5 Å². The highest BCUT2D eigenvalue weighted by molar-refractivity contribution is 5.97. The Balaban J connectivity index is 2.84. The molecule has 0 bridgehead atoms. The largest absolute Gasteiger partial charge is 0.487 e. The van der Waals surface area contributed by atoms with Gasteiger partial charge in [-0.15, -0.1) is 6.58 Å². The van der Waals surface area contributed by atoms with Crippen molar-refractivity contribution in [3.8, 4) is 5.75 Å². The summed E-state index contributed by atoms with van der Waals surface area (Å²) in [4.78, 5) is 27.2. The first-order chi connectivity index (χ1) is 10.1. The van der Waals surface area contributed by atoms with Crippen molar-refractivity contribution in [2.24, 2.45) is 0 Å². The zero-order valence-corrected chi connectivity index (χ0v) is 11.6. The predicted octanol–water partition coefficient (Wildman–Crippen LogP) is 1.80. The zero-order chi connectivity index (χ0) is 15.7. The number of carbonyl (C=O) groups excluding carboxylic acids is 1. The third-order valence-electron chi connectivity index (χ3n) is 2.61. The van der Waals surface area contributed by atoms with Gasteiger partial charge in [-0.05, 0) is 25.0 Å². The van der Waals surface area contributed by atoms with E-state index in [1.807, 2.05) is 0 Å². The van der Waals surface area contributed by atoms with Gasteiger partial charge < -0.3 is 15.2 Å². The van der Waals surface area contributed by atoms with E-state index in [0.717, 1.165) is 0 Å². The number of carbonyl (C=O) groups is 2. The number of amides is 1. The summed E-state index contributed by atoms with van der Waals surface area (Å²) in [5, 5.41) is 11.5. The number of ether oxygens (including phenoxy) is 1. The van der Waals surface area contributed by atoms with Crippen LogP contribution < -0.4 is 10.1 Å². The molecule has 0 saturated carbocycles. The maximum absolute atomic E-state index is 12.1. The second-order valence-electron chi connectivity index (χ2n) is 4.18. The van der Waals surface area contributed by atoms with Gasteiger partial charge in [0.2, 0.25) is 0 Å². The van der Waals surface area contributed by atoms with Crippen molar-refractivity contribution in [3.63, 3.8) is 0 Å². The monoisotopic (exact) mass is 290 g/mol. The van der Waals surface area contributed by atoms with Crippen molar-refractivity contribution >= 4 is 11.9 Å². The van der Waals surface area contributed by atoms with Crippen LogP contribution in [-0.4, -0.2) is 34.6 Å². The smallest absolute Gasteiger partial charge is 0.326 e. The van der Waals surface area contributed by atoms with Crippen LogP contribution in [0, 0.1) is 0 Å². The average molecular weight is 290 g/mol. The molecular weight excluding hydrogens is 272 g/mol. The Kier molecular flexibility index (Phi) is 6.67. The average Bonchev–Trinajstić information content (AvgIpc) is 2.49. The lowest BCUT2D eigenvalue weighted by molar-refractivity contribution is -0.139. The molecule has 0 saturated heterocycles. The van der Waals surface area contributed by atoms with Crippen molar-refractivity contribution < 1.29 is 19.4 Å². The molecule has 0 aliphatic rings. The van der Waals surface area contributed by atoms with Crippen LogP contribution >= 0.6 is 0 Å². The number of carboxylic acids is 1. The lowest BCUT2D eigenvalue weighted by Gasteiger charge is -2.14. The van der Waals surface area contributed by atoms with Gasteiger partial charge in [-0.3, -0.25) is 4.79 Å². The van der Waals surface area contributed by atoms with E-state index < -0.39 is 17.9 Å². The third-order valence-corrected chi connectivity index (χ3v) is 2.61. The van der Waals surface area contributed by atoms with Crippen molar-refractivity contribution in [1.29, 1.82) is 0 Å². The zero-order valence-electron chi connectivity index (χ0n) is 11.6. The Morgan fingerprint density at radius 2 is 2.19 bits per heavy atom. The Hall–Kier alpha value is -2.63.